The second-order valence-electron chi connectivity index (χ2n) is 11.3. The maximum absolute atomic E-state index is 17.3. The Bertz CT molecular complexity index is 1130. The standard InChI is InChI=1S/C26H31FN2O7/c1-23-8-7-16(30)9-14(23)3-4-17-18-10-15-12-28-29-26(15,24(18,2)11-19(31)25(17,23)27)20(32)13-36-22(35)6-5-21(33)34/h7-9,12,15,17-19,29,31H,3-6,10-11,13H2,1-2H3,(H,33,34)/t15-,17-,18-,19-,23-,24-,25-,26-/m0/s1. The topological polar surface area (TPSA) is 142 Å². The van der Waals surface area contributed by atoms with Crippen molar-refractivity contribution in [1.29, 1.82) is 0 Å². The number of nitrogens with one attached hydrogen (secondary N) is 1. The van der Waals surface area contributed by atoms with Crippen LogP contribution in [0.4, 0.5) is 4.39 Å². The van der Waals surface area contributed by atoms with Crippen LogP contribution in [-0.2, 0) is 23.9 Å². The number of aliphatic carboxylic acids is 1. The normalized spacial score (nSPS) is 44.0. The zero-order valence-electron chi connectivity index (χ0n) is 20.3. The average molecular weight is 503 g/mol. The second kappa shape index (κ2) is 8.06. The molecule has 3 fully saturated rings. The molecule has 0 radical (unpaired) electrons. The van der Waals surface area contributed by atoms with Crippen molar-refractivity contribution in [3.05, 3.63) is 23.8 Å². The molecule has 3 N–H and O–H groups in total. The van der Waals surface area contributed by atoms with Crippen molar-refractivity contribution in [3.8, 4) is 0 Å². The summed E-state index contributed by atoms with van der Waals surface area (Å²) < 4.78 is 22.4. The number of carboxylic acids is 1. The van der Waals surface area contributed by atoms with Gasteiger partial charge in [-0.2, -0.15) is 5.10 Å². The van der Waals surface area contributed by atoms with E-state index in [1.165, 1.54) is 12.2 Å². The summed E-state index contributed by atoms with van der Waals surface area (Å²) >= 11 is 0. The van der Waals surface area contributed by atoms with Crippen molar-refractivity contribution < 1.29 is 38.5 Å². The lowest BCUT2D eigenvalue weighted by molar-refractivity contribution is -0.200. The van der Waals surface area contributed by atoms with E-state index in [4.69, 9.17) is 9.84 Å². The van der Waals surface area contributed by atoms with Crippen LogP contribution in [0, 0.1) is 28.6 Å². The van der Waals surface area contributed by atoms with E-state index in [1.807, 2.05) is 6.92 Å². The lowest BCUT2D eigenvalue weighted by Crippen LogP contribution is -2.71. The number of ketones is 2. The van der Waals surface area contributed by atoms with Crippen molar-refractivity contribution in [2.75, 3.05) is 6.61 Å². The number of rotatable bonds is 6. The van der Waals surface area contributed by atoms with E-state index in [0.717, 1.165) is 0 Å². The van der Waals surface area contributed by atoms with Gasteiger partial charge in [0.15, 0.2) is 23.8 Å². The van der Waals surface area contributed by atoms with Crippen LogP contribution in [0.25, 0.3) is 0 Å². The number of fused-ring (bicyclic) bond motifs is 7. The minimum atomic E-state index is -2.01. The smallest absolute Gasteiger partial charge is 0.306 e. The highest BCUT2D eigenvalue weighted by Gasteiger charge is 2.77. The first-order valence-corrected chi connectivity index (χ1v) is 12.4. The van der Waals surface area contributed by atoms with E-state index in [0.29, 0.717) is 24.8 Å². The van der Waals surface area contributed by atoms with Crippen molar-refractivity contribution in [2.45, 2.75) is 69.7 Å². The number of alkyl halides is 1. The number of carbonyl (C=O) groups is 4. The molecule has 194 valence electrons. The van der Waals surface area contributed by atoms with Crippen molar-refractivity contribution in [2.24, 2.45) is 33.7 Å². The monoisotopic (exact) mass is 502 g/mol. The summed E-state index contributed by atoms with van der Waals surface area (Å²) in [4.78, 5) is 48.4. The lowest BCUT2D eigenvalue weighted by atomic mass is 9.44. The molecule has 0 bridgehead atoms. The fourth-order valence-electron chi connectivity index (χ4n) is 8.06. The van der Waals surface area contributed by atoms with Gasteiger partial charge < -0.3 is 14.9 Å². The SMILES string of the molecule is C[C@]12C=CC(=O)C=C1CC[C@H]1[C@@H]3C[C@H]4C=NN[C@@]4(C(=O)COC(=O)CCC(=O)O)[C@@]3(C)C[C@H](O)[C@@]12F. The number of hydrogen-bond donors (Lipinski definition) is 3. The zero-order chi connectivity index (χ0) is 26.1. The lowest BCUT2D eigenvalue weighted by Gasteiger charge is -2.62. The number of hydrogen-bond acceptors (Lipinski definition) is 8. The van der Waals surface area contributed by atoms with Gasteiger partial charge in [0.1, 0.15) is 5.54 Å². The number of carbonyl (C=O) groups excluding carboxylic acids is 3. The minimum absolute atomic E-state index is 0.0130. The summed E-state index contributed by atoms with van der Waals surface area (Å²) in [6.45, 7) is 3.05. The number of esters is 1. The molecule has 0 aromatic rings. The zero-order valence-corrected chi connectivity index (χ0v) is 20.3. The fraction of sp³-hybridized carbons (Fsp3) is 0.654. The van der Waals surface area contributed by atoms with Gasteiger partial charge in [0.2, 0.25) is 0 Å². The third-order valence-electron chi connectivity index (χ3n) is 9.84. The van der Waals surface area contributed by atoms with Crippen LogP contribution in [0.15, 0.2) is 28.9 Å². The third-order valence-corrected chi connectivity index (χ3v) is 9.84. The molecule has 1 aliphatic heterocycles. The van der Waals surface area contributed by atoms with Gasteiger partial charge in [0.05, 0.1) is 18.9 Å². The maximum atomic E-state index is 17.3. The van der Waals surface area contributed by atoms with Crippen molar-refractivity contribution in [3.63, 3.8) is 0 Å². The highest BCUT2D eigenvalue weighted by molar-refractivity contribution is 6.01. The first kappa shape index (κ1) is 24.8. The molecule has 8 atom stereocenters. The van der Waals surface area contributed by atoms with Crippen molar-refractivity contribution in [1.82, 2.24) is 5.43 Å². The van der Waals surface area contributed by atoms with Crippen LogP contribution in [-0.4, -0.2) is 63.9 Å². The van der Waals surface area contributed by atoms with E-state index in [2.05, 4.69) is 10.5 Å². The number of ether oxygens (including phenoxy) is 1. The highest BCUT2D eigenvalue weighted by atomic mass is 19.1. The molecule has 1 heterocycles. The van der Waals surface area contributed by atoms with E-state index in [1.54, 1.807) is 19.2 Å². The molecule has 0 spiro atoms. The van der Waals surface area contributed by atoms with Crippen LogP contribution in [0.5, 0.6) is 0 Å². The first-order valence-electron chi connectivity index (χ1n) is 12.4. The molecule has 5 aliphatic rings. The molecule has 10 heteroatoms. The molecule has 5 rings (SSSR count). The number of aliphatic hydroxyl groups is 1. The maximum Gasteiger partial charge on any atom is 0.306 e. The Labute approximate surface area is 207 Å². The highest BCUT2D eigenvalue weighted by Crippen LogP contribution is 2.71. The van der Waals surface area contributed by atoms with Crippen LogP contribution in [0.1, 0.15) is 52.4 Å². The number of Topliss-reactive ketones (excluding diaryl/α,β-unsaturated/α-hetero) is 1. The quantitative estimate of drug-likeness (QED) is 0.468. The Morgan fingerprint density at radius 3 is 2.72 bits per heavy atom. The van der Waals surface area contributed by atoms with E-state index in [-0.39, 0.29) is 30.5 Å². The second-order valence-corrected chi connectivity index (χ2v) is 11.3. The van der Waals surface area contributed by atoms with Gasteiger partial charge in [0, 0.05) is 28.9 Å². The van der Waals surface area contributed by atoms with Crippen LogP contribution in [0.3, 0.4) is 0 Å². The Hall–Kier alpha value is -2.88. The molecule has 0 aromatic heterocycles. The van der Waals surface area contributed by atoms with Crippen LogP contribution < -0.4 is 5.43 Å². The number of aliphatic hydroxyl groups excluding tert-OH is 1. The molecule has 4 aliphatic carbocycles. The van der Waals surface area contributed by atoms with Gasteiger partial charge >= 0.3 is 11.9 Å². The number of carboxylic acid groups (broad SMARTS) is 1. The van der Waals surface area contributed by atoms with E-state index < -0.39 is 64.8 Å². The van der Waals surface area contributed by atoms with Gasteiger partial charge in [-0.25, -0.2) is 4.39 Å². The predicted molar refractivity (Wildman–Crippen MR) is 124 cm³/mol. The molecular weight excluding hydrogens is 471 g/mol. The van der Waals surface area contributed by atoms with E-state index in [9.17, 15) is 24.3 Å². The summed E-state index contributed by atoms with van der Waals surface area (Å²) in [5.41, 5.74) is -1.63. The number of allylic oxidation sites excluding steroid dienone is 4. The summed E-state index contributed by atoms with van der Waals surface area (Å²) in [7, 11) is 0. The minimum Gasteiger partial charge on any atom is -0.481 e. The summed E-state index contributed by atoms with van der Waals surface area (Å²) in [6, 6.07) is 0. The van der Waals surface area contributed by atoms with Crippen LogP contribution in [0.2, 0.25) is 0 Å². The Morgan fingerprint density at radius 2 is 2.00 bits per heavy atom. The fourth-order valence-corrected chi connectivity index (χ4v) is 8.06. The Morgan fingerprint density at radius 1 is 1.25 bits per heavy atom. The molecule has 9 nitrogen and oxygen atoms in total. The Balaban J connectivity index is 1.46. The van der Waals surface area contributed by atoms with Gasteiger partial charge in [-0.1, -0.05) is 18.6 Å². The summed E-state index contributed by atoms with van der Waals surface area (Å²) in [5.74, 6) is -3.75. The largest absolute Gasteiger partial charge is 0.481 e. The molecule has 0 saturated heterocycles. The molecule has 36 heavy (non-hydrogen) atoms. The molecule has 0 amide bonds. The van der Waals surface area contributed by atoms with Gasteiger partial charge in [-0.05, 0) is 50.7 Å². The number of nitrogens with zero attached hydrogens (tertiary/aromatic N) is 1. The molecule has 0 unspecified atom stereocenters. The molecular formula is C26H31FN2O7. The average Bonchev–Trinajstić information content (AvgIpc) is 3.35. The molecule has 3 saturated carbocycles. The number of hydrazone groups is 1. The first-order chi connectivity index (χ1) is 16.9. The summed E-state index contributed by atoms with van der Waals surface area (Å²) in [6.07, 6.45) is 5.37. The van der Waals surface area contributed by atoms with Gasteiger partial charge in [-0.15, -0.1) is 0 Å². The number of halogens is 1. The van der Waals surface area contributed by atoms with Gasteiger partial charge in [-0.3, -0.25) is 24.6 Å². The third kappa shape index (κ3) is 3.06. The summed E-state index contributed by atoms with van der Waals surface area (Å²) in [5, 5.41) is 24.4. The predicted octanol–water partition coefficient (Wildman–Crippen LogP) is 1.89. The van der Waals surface area contributed by atoms with E-state index >= 15 is 4.39 Å². The Kier molecular flexibility index (Phi) is 5.55. The van der Waals surface area contributed by atoms with Crippen LogP contribution >= 0.6 is 0 Å². The van der Waals surface area contributed by atoms with Gasteiger partial charge in [0.25, 0.3) is 0 Å². The molecule has 0 aromatic carbocycles. The van der Waals surface area contributed by atoms with Crippen molar-refractivity contribution >= 4 is 29.7 Å².